The number of carbonyl (C=O) groups excluding carboxylic acids is 1. The fourth-order valence-electron chi connectivity index (χ4n) is 2.26. The Kier molecular flexibility index (Phi) is 3.31. The van der Waals surface area contributed by atoms with E-state index in [4.69, 9.17) is 10.5 Å². The zero-order valence-corrected chi connectivity index (χ0v) is 11.6. The summed E-state index contributed by atoms with van der Waals surface area (Å²) < 4.78 is 5.52. The Morgan fingerprint density at radius 2 is 2.00 bits per heavy atom. The first-order chi connectivity index (χ1) is 10.2. The number of aromatic nitrogens is 2. The molecule has 21 heavy (non-hydrogen) atoms. The first kappa shape index (κ1) is 13.2. The molecule has 5 nitrogen and oxygen atoms in total. The standard InChI is InChI=1S/C16H15N3O2/c1-2-21-12-7-8-14-13(9-12)15(19-18-14)10-3-5-11(6-4-10)16(17)20/h3-9H,2H2,1H3,(H2,17,20)(H,18,19). The molecule has 0 aliphatic rings. The molecule has 5 heteroatoms. The van der Waals surface area contributed by atoms with E-state index in [9.17, 15) is 4.79 Å². The molecule has 0 fully saturated rings. The summed E-state index contributed by atoms with van der Waals surface area (Å²) in [6, 6.07) is 12.9. The quantitative estimate of drug-likeness (QED) is 0.771. The van der Waals surface area contributed by atoms with Crippen LogP contribution >= 0.6 is 0 Å². The molecule has 0 unspecified atom stereocenters. The smallest absolute Gasteiger partial charge is 0.248 e. The van der Waals surface area contributed by atoms with Crippen molar-refractivity contribution >= 4 is 16.8 Å². The molecule has 0 aliphatic carbocycles. The number of hydrogen-bond acceptors (Lipinski definition) is 3. The summed E-state index contributed by atoms with van der Waals surface area (Å²) in [5, 5.41) is 8.32. The predicted octanol–water partition coefficient (Wildman–Crippen LogP) is 2.73. The summed E-state index contributed by atoms with van der Waals surface area (Å²) in [6.07, 6.45) is 0. The summed E-state index contributed by atoms with van der Waals surface area (Å²) in [7, 11) is 0. The number of nitrogens with two attached hydrogens (primary N) is 1. The van der Waals surface area contributed by atoms with Crippen molar-refractivity contribution < 1.29 is 9.53 Å². The predicted molar refractivity (Wildman–Crippen MR) is 81.2 cm³/mol. The Hall–Kier alpha value is -2.82. The van der Waals surface area contributed by atoms with Crippen LogP contribution in [0.2, 0.25) is 0 Å². The minimum absolute atomic E-state index is 0.438. The molecule has 3 N–H and O–H groups in total. The Morgan fingerprint density at radius 1 is 1.24 bits per heavy atom. The molecule has 0 saturated carbocycles. The second kappa shape index (κ2) is 5.28. The zero-order valence-electron chi connectivity index (χ0n) is 11.6. The van der Waals surface area contributed by atoms with E-state index < -0.39 is 5.91 Å². The van der Waals surface area contributed by atoms with Gasteiger partial charge in [-0.25, -0.2) is 0 Å². The van der Waals surface area contributed by atoms with Crippen LogP contribution in [0.3, 0.4) is 0 Å². The van der Waals surface area contributed by atoms with Crippen LogP contribution in [-0.4, -0.2) is 22.7 Å². The van der Waals surface area contributed by atoms with Gasteiger partial charge in [0.25, 0.3) is 0 Å². The number of fused-ring (bicyclic) bond motifs is 1. The van der Waals surface area contributed by atoms with Crippen LogP contribution in [0, 0.1) is 0 Å². The number of aromatic amines is 1. The van der Waals surface area contributed by atoms with Gasteiger partial charge < -0.3 is 10.5 Å². The molecule has 0 atom stereocenters. The number of amides is 1. The van der Waals surface area contributed by atoms with Gasteiger partial charge in [0.1, 0.15) is 11.4 Å². The minimum Gasteiger partial charge on any atom is -0.494 e. The lowest BCUT2D eigenvalue weighted by molar-refractivity contribution is 0.100. The van der Waals surface area contributed by atoms with Crippen molar-refractivity contribution in [1.29, 1.82) is 0 Å². The maximum atomic E-state index is 11.1. The van der Waals surface area contributed by atoms with Gasteiger partial charge in [-0.05, 0) is 37.3 Å². The number of hydrogen-bond donors (Lipinski definition) is 2. The molecule has 0 spiro atoms. The lowest BCUT2D eigenvalue weighted by atomic mass is 10.1. The SMILES string of the molecule is CCOc1ccc2[nH]nc(-c3ccc(C(N)=O)cc3)c2c1. The van der Waals surface area contributed by atoms with Crippen molar-refractivity contribution in [2.45, 2.75) is 6.92 Å². The van der Waals surface area contributed by atoms with Gasteiger partial charge >= 0.3 is 0 Å². The van der Waals surface area contributed by atoms with Gasteiger partial charge in [-0.2, -0.15) is 5.10 Å². The van der Waals surface area contributed by atoms with E-state index in [1.165, 1.54) is 0 Å². The fourth-order valence-corrected chi connectivity index (χ4v) is 2.26. The third kappa shape index (κ3) is 2.45. The molecule has 1 amide bonds. The van der Waals surface area contributed by atoms with E-state index in [0.717, 1.165) is 27.9 Å². The largest absolute Gasteiger partial charge is 0.494 e. The number of ether oxygens (including phenoxy) is 1. The zero-order chi connectivity index (χ0) is 14.8. The molecule has 3 rings (SSSR count). The Bertz CT molecular complexity index is 791. The lowest BCUT2D eigenvalue weighted by Crippen LogP contribution is -2.10. The molecule has 1 aromatic heterocycles. The number of primary amides is 1. The van der Waals surface area contributed by atoms with Crippen molar-refractivity contribution in [2.75, 3.05) is 6.61 Å². The molecule has 0 saturated heterocycles. The van der Waals surface area contributed by atoms with Crippen LogP contribution < -0.4 is 10.5 Å². The molecular formula is C16H15N3O2. The van der Waals surface area contributed by atoms with Crippen molar-refractivity contribution in [1.82, 2.24) is 10.2 Å². The Morgan fingerprint density at radius 3 is 2.67 bits per heavy atom. The normalized spacial score (nSPS) is 10.7. The third-order valence-corrected chi connectivity index (χ3v) is 3.29. The average Bonchev–Trinajstić information content (AvgIpc) is 2.91. The van der Waals surface area contributed by atoms with E-state index in [2.05, 4.69) is 10.2 Å². The van der Waals surface area contributed by atoms with Crippen molar-refractivity contribution in [3.8, 4) is 17.0 Å². The van der Waals surface area contributed by atoms with Gasteiger partial charge in [0.05, 0.1) is 12.1 Å². The monoisotopic (exact) mass is 281 g/mol. The maximum Gasteiger partial charge on any atom is 0.248 e. The van der Waals surface area contributed by atoms with Crippen LogP contribution in [0.5, 0.6) is 5.75 Å². The first-order valence-corrected chi connectivity index (χ1v) is 6.70. The summed E-state index contributed by atoms with van der Waals surface area (Å²) >= 11 is 0. The number of nitrogens with one attached hydrogen (secondary N) is 1. The maximum absolute atomic E-state index is 11.1. The second-order valence-electron chi connectivity index (χ2n) is 4.65. The van der Waals surface area contributed by atoms with Crippen LogP contribution in [0.15, 0.2) is 42.5 Å². The molecule has 0 bridgehead atoms. The molecule has 1 heterocycles. The Balaban J connectivity index is 2.06. The van der Waals surface area contributed by atoms with E-state index in [0.29, 0.717) is 12.2 Å². The molecule has 106 valence electrons. The topological polar surface area (TPSA) is 81.0 Å². The fraction of sp³-hybridized carbons (Fsp3) is 0.125. The summed E-state index contributed by atoms with van der Waals surface area (Å²) in [4.78, 5) is 11.1. The Labute approximate surface area is 121 Å². The molecule has 2 aromatic carbocycles. The summed E-state index contributed by atoms with van der Waals surface area (Å²) in [6.45, 7) is 2.56. The number of carbonyl (C=O) groups is 1. The van der Waals surface area contributed by atoms with Crippen LogP contribution in [0.25, 0.3) is 22.2 Å². The average molecular weight is 281 g/mol. The van der Waals surface area contributed by atoms with E-state index in [-0.39, 0.29) is 0 Å². The highest BCUT2D eigenvalue weighted by Gasteiger charge is 2.10. The van der Waals surface area contributed by atoms with Gasteiger partial charge in [-0.1, -0.05) is 12.1 Å². The van der Waals surface area contributed by atoms with E-state index in [1.54, 1.807) is 12.1 Å². The summed E-state index contributed by atoms with van der Waals surface area (Å²) in [5.41, 5.74) is 8.41. The molecule has 0 aliphatic heterocycles. The number of H-pyrrole nitrogens is 1. The second-order valence-corrected chi connectivity index (χ2v) is 4.65. The van der Waals surface area contributed by atoms with Crippen molar-refractivity contribution in [2.24, 2.45) is 5.73 Å². The lowest BCUT2D eigenvalue weighted by Gasteiger charge is -2.03. The number of rotatable bonds is 4. The van der Waals surface area contributed by atoms with Gasteiger partial charge in [-0.15, -0.1) is 0 Å². The highest BCUT2D eigenvalue weighted by atomic mass is 16.5. The van der Waals surface area contributed by atoms with Gasteiger partial charge in [0.2, 0.25) is 5.91 Å². The highest BCUT2D eigenvalue weighted by molar-refractivity contribution is 5.96. The molecule has 0 radical (unpaired) electrons. The molecule has 3 aromatic rings. The van der Waals surface area contributed by atoms with Gasteiger partial charge in [0.15, 0.2) is 0 Å². The van der Waals surface area contributed by atoms with Crippen molar-refractivity contribution in [3.05, 3.63) is 48.0 Å². The first-order valence-electron chi connectivity index (χ1n) is 6.70. The van der Waals surface area contributed by atoms with Crippen molar-refractivity contribution in [3.63, 3.8) is 0 Å². The molecular weight excluding hydrogens is 266 g/mol. The third-order valence-electron chi connectivity index (χ3n) is 3.29. The highest BCUT2D eigenvalue weighted by Crippen LogP contribution is 2.29. The number of nitrogens with zero attached hydrogens (tertiary/aromatic N) is 1. The van der Waals surface area contributed by atoms with Gasteiger partial charge in [-0.3, -0.25) is 9.89 Å². The minimum atomic E-state index is -0.438. The number of benzene rings is 2. The van der Waals surface area contributed by atoms with E-state index >= 15 is 0 Å². The summed E-state index contributed by atoms with van der Waals surface area (Å²) in [5.74, 6) is 0.369. The van der Waals surface area contributed by atoms with Gasteiger partial charge in [0, 0.05) is 16.5 Å². The van der Waals surface area contributed by atoms with Crippen LogP contribution in [-0.2, 0) is 0 Å². The van der Waals surface area contributed by atoms with E-state index in [1.807, 2.05) is 37.3 Å². The van der Waals surface area contributed by atoms with Crippen LogP contribution in [0.4, 0.5) is 0 Å². The van der Waals surface area contributed by atoms with Crippen LogP contribution in [0.1, 0.15) is 17.3 Å².